The molecular formula is C25H31N3O2. The SMILES string of the molecule is O=C(NCCCN1CCCCCC1)[C@H]1Cc2ccccc2N1C(=O)c1ccccc1. The van der Waals surface area contributed by atoms with E-state index in [1.807, 2.05) is 42.5 Å². The first-order valence-corrected chi connectivity index (χ1v) is 11.2. The zero-order valence-corrected chi connectivity index (χ0v) is 17.6. The molecule has 2 aliphatic rings. The van der Waals surface area contributed by atoms with Crippen LogP contribution in [0.5, 0.6) is 0 Å². The molecule has 0 bridgehead atoms. The summed E-state index contributed by atoms with van der Waals surface area (Å²) < 4.78 is 0. The van der Waals surface area contributed by atoms with E-state index in [4.69, 9.17) is 0 Å². The molecule has 5 nitrogen and oxygen atoms in total. The molecule has 0 aromatic heterocycles. The number of likely N-dealkylation sites (tertiary alicyclic amines) is 1. The van der Waals surface area contributed by atoms with Gasteiger partial charge in [0.05, 0.1) is 0 Å². The van der Waals surface area contributed by atoms with E-state index in [2.05, 4.69) is 10.2 Å². The minimum atomic E-state index is -0.492. The highest BCUT2D eigenvalue weighted by Crippen LogP contribution is 2.33. The smallest absolute Gasteiger partial charge is 0.259 e. The van der Waals surface area contributed by atoms with Crippen molar-refractivity contribution in [3.63, 3.8) is 0 Å². The third-order valence-electron chi connectivity index (χ3n) is 6.17. The maximum absolute atomic E-state index is 13.2. The van der Waals surface area contributed by atoms with Crippen molar-refractivity contribution in [3.8, 4) is 0 Å². The summed E-state index contributed by atoms with van der Waals surface area (Å²) in [7, 11) is 0. The topological polar surface area (TPSA) is 52.7 Å². The fourth-order valence-electron chi connectivity index (χ4n) is 4.56. The van der Waals surface area contributed by atoms with E-state index in [1.165, 1.54) is 38.8 Å². The minimum Gasteiger partial charge on any atom is -0.354 e. The summed E-state index contributed by atoms with van der Waals surface area (Å²) in [5.74, 6) is -0.184. The Balaban J connectivity index is 1.39. The van der Waals surface area contributed by atoms with Gasteiger partial charge in [-0.3, -0.25) is 14.5 Å². The molecule has 2 amide bonds. The Bertz CT molecular complexity index is 860. The number of hydrogen-bond donors (Lipinski definition) is 1. The third-order valence-corrected chi connectivity index (χ3v) is 6.17. The Morgan fingerprint density at radius 2 is 1.60 bits per heavy atom. The quantitative estimate of drug-likeness (QED) is 0.747. The molecule has 2 aromatic rings. The van der Waals surface area contributed by atoms with E-state index in [-0.39, 0.29) is 11.8 Å². The zero-order chi connectivity index (χ0) is 20.8. The summed E-state index contributed by atoms with van der Waals surface area (Å²) in [5, 5.41) is 3.09. The Morgan fingerprint density at radius 3 is 2.37 bits per heavy atom. The Labute approximate surface area is 179 Å². The van der Waals surface area contributed by atoms with Gasteiger partial charge in [0, 0.05) is 24.2 Å². The van der Waals surface area contributed by atoms with E-state index >= 15 is 0 Å². The minimum absolute atomic E-state index is 0.0636. The van der Waals surface area contributed by atoms with Gasteiger partial charge in [-0.2, -0.15) is 0 Å². The first-order chi connectivity index (χ1) is 14.7. The predicted octanol–water partition coefficient (Wildman–Crippen LogP) is 3.64. The van der Waals surface area contributed by atoms with Gasteiger partial charge in [-0.1, -0.05) is 49.2 Å². The average Bonchev–Trinajstić information content (AvgIpc) is 2.98. The lowest BCUT2D eigenvalue weighted by molar-refractivity contribution is -0.122. The van der Waals surface area contributed by atoms with E-state index in [0.717, 1.165) is 24.2 Å². The summed E-state index contributed by atoms with van der Waals surface area (Å²) in [6.45, 7) is 4.02. The average molecular weight is 406 g/mol. The van der Waals surface area contributed by atoms with Gasteiger partial charge >= 0.3 is 0 Å². The lowest BCUT2D eigenvalue weighted by Crippen LogP contribution is -2.48. The second-order valence-corrected chi connectivity index (χ2v) is 8.29. The molecule has 158 valence electrons. The molecule has 2 heterocycles. The molecule has 2 aliphatic heterocycles. The predicted molar refractivity (Wildman–Crippen MR) is 120 cm³/mol. The summed E-state index contributed by atoms with van der Waals surface area (Å²) in [6.07, 6.45) is 6.73. The second-order valence-electron chi connectivity index (χ2n) is 8.29. The molecule has 5 heteroatoms. The number of nitrogens with one attached hydrogen (secondary N) is 1. The maximum atomic E-state index is 13.2. The number of anilines is 1. The van der Waals surface area contributed by atoms with Gasteiger partial charge in [0.1, 0.15) is 6.04 Å². The van der Waals surface area contributed by atoms with Crippen molar-refractivity contribution in [2.75, 3.05) is 31.1 Å². The maximum Gasteiger partial charge on any atom is 0.259 e. The molecule has 1 fully saturated rings. The highest BCUT2D eigenvalue weighted by molar-refractivity contribution is 6.11. The van der Waals surface area contributed by atoms with Crippen LogP contribution in [-0.2, 0) is 11.2 Å². The molecule has 0 spiro atoms. The molecule has 0 radical (unpaired) electrons. The fraction of sp³-hybridized carbons (Fsp3) is 0.440. The number of fused-ring (bicyclic) bond motifs is 1. The third kappa shape index (κ3) is 4.73. The molecule has 30 heavy (non-hydrogen) atoms. The van der Waals surface area contributed by atoms with Gasteiger partial charge in [-0.15, -0.1) is 0 Å². The molecule has 1 N–H and O–H groups in total. The highest BCUT2D eigenvalue weighted by atomic mass is 16.2. The molecule has 0 saturated carbocycles. The van der Waals surface area contributed by atoms with E-state index in [9.17, 15) is 9.59 Å². The van der Waals surface area contributed by atoms with Crippen LogP contribution in [0, 0.1) is 0 Å². The van der Waals surface area contributed by atoms with Crippen LogP contribution in [0.2, 0.25) is 0 Å². The van der Waals surface area contributed by atoms with Crippen LogP contribution < -0.4 is 10.2 Å². The van der Waals surface area contributed by atoms with Crippen molar-refractivity contribution < 1.29 is 9.59 Å². The summed E-state index contributed by atoms with van der Waals surface area (Å²) in [5.41, 5.74) is 2.50. The highest BCUT2D eigenvalue weighted by Gasteiger charge is 2.38. The van der Waals surface area contributed by atoms with Crippen molar-refractivity contribution in [2.24, 2.45) is 0 Å². The van der Waals surface area contributed by atoms with Gasteiger partial charge in [-0.05, 0) is 62.7 Å². The van der Waals surface area contributed by atoms with Gasteiger partial charge in [0.25, 0.3) is 5.91 Å². The number of para-hydroxylation sites is 1. The summed E-state index contributed by atoms with van der Waals surface area (Å²) in [4.78, 5) is 30.5. The summed E-state index contributed by atoms with van der Waals surface area (Å²) in [6, 6.07) is 16.5. The number of amides is 2. The largest absolute Gasteiger partial charge is 0.354 e. The van der Waals surface area contributed by atoms with Crippen molar-refractivity contribution in [3.05, 3.63) is 65.7 Å². The number of nitrogens with zero attached hydrogens (tertiary/aromatic N) is 2. The van der Waals surface area contributed by atoms with Crippen molar-refractivity contribution in [1.82, 2.24) is 10.2 Å². The standard InChI is InChI=1S/C25H31N3O2/c29-24(26-15-10-18-27-16-8-1-2-9-17-27)23-19-21-13-6-7-14-22(21)28(23)25(30)20-11-4-3-5-12-20/h3-7,11-14,23H,1-2,8-10,15-19H2,(H,26,29)/t23-/m1/s1. The van der Waals surface area contributed by atoms with E-state index in [0.29, 0.717) is 18.5 Å². The number of carbonyl (C=O) groups excluding carboxylic acids is 2. The van der Waals surface area contributed by atoms with Crippen LogP contribution in [0.1, 0.15) is 48.0 Å². The van der Waals surface area contributed by atoms with Gasteiger partial charge < -0.3 is 10.2 Å². The van der Waals surface area contributed by atoms with Crippen LogP contribution in [0.3, 0.4) is 0 Å². The number of benzene rings is 2. The molecular weight excluding hydrogens is 374 g/mol. The Morgan fingerprint density at radius 1 is 0.900 bits per heavy atom. The first-order valence-electron chi connectivity index (χ1n) is 11.2. The molecule has 1 atom stereocenters. The Hall–Kier alpha value is -2.66. The normalized spacial score (nSPS) is 19.2. The number of carbonyl (C=O) groups is 2. The van der Waals surface area contributed by atoms with Crippen LogP contribution in [0.15, 0.2) is 54.6 Å². The van der Waals surface area contributed by atoms with Gasteiger partial charge in [-0.25, -0.2) is 0 Å². The van der Waals surface area contributed by atoms with Gasteiger partial charge in [0.15, 0.2) is 0 Å². The molecule has 1 saturated heterocycles. The molecule has 0 unspecified atom stereocenters. The first kappa shape index (κ1) is 20.6. The Kier molecular flexibility index (Phi) is 6.80. The lowest BCUT2D eigenvalue weighted by atomic mass is 10.1. The van der Waals surface area contributed by atoms with E-state index in [1.54, 1.807) is 17.0 Å². The molecule has 4 rings (SSSR count). The van der Waals surface area contributed by atoms with E-state index < -0.39 is 6.04 Å². The zero-order valence-electron chi connectivity index (χ0n) is 17.6. The van der Waals surface area contributed by atoms with Crippen molar-refractivity contribution in [2.45, 2.75) is 44.6 Å². The lowest BCUT2D eigenvalue weighted by Gasteiger charge is -2.25. The van der Waals surface area contributed by atoms with Crippen LogP contribution >= 0.6 is 0 Å². The second kappa shape index (κ2) is 9.90. The number of rotatable bonds is 6. The van der Waals surface area contributed by atoms with Crippen LogP contribution in [-0.4, -0.2) is 48.9 Å². The fourth-order valence-corrected chi connectivity index (χ4v) is 4.56. The number of hydrogen-bond acceptors (Lipinski definition) is 3. The summed E-state index contributed by atoms with van der Waals surface area (Å²) >= 11 is 0. The molecule has 2 aromatic carbocycles. The molecule has 0 aliphatic carbocycles. The monoisotopic (exact) mass is 405 g/mol. The van der Waals surface area contributed by atoms with Crippen molar-refractivity contribution in [1.29, 1.82) is 0 Å². The van der Waals surface area contributed by atoms with Crippen LogP contribution in [0.4, 0.5) is 5.69 Å². The van der Waals surface area contributed by atoms with Crippen LogP contribution in [0.25, 0.3) is 0 Å². The van der Waals surface area contributed by atoms with Gasteiger partial charge in [0.2, 0.25) is 5.91 Å². The van der Waals surface area contributed by atoms with Crippen molar-refractivity contribution >= 4 is 17.5 Å².